The highest BCUT2D eigenvalue weighted by Crippen LogP contribution is 2.31. The van der Waals surface area contributed by atoms with Gasteiger partial charge in [0.15, 0.2) is 0 Å². The van der Waals surface area contributed by atoms with Crippen LogP contribution < -0.4 is 5.32 Å². The third-order valence-electron chi connectivity index (χ3n) is 4.07. The number of anilines is 1. The second kappa shape index (κ2) is 7.89. The van der Waals surface area contributed by atoms with Gasteiger partial charge in [-0.3, -0.25) is 14.9 Å². The van der Waals surface area contributed by atoms with Gasteiger partial charge in [-0.05, 0) is 62.1 Å². The van der Waals surface area contributed by atoms with Crippen molar-refractivity contribution in [2.45, 2.75) is 32.6 Å². The normalized spacial score (nSPS) is 10.6. The van der Waals surface area contributed by atoms with Gasteiger partial charge in [-0.1, -0.05) is 17.7 Å². The fourth-order valence-corrected chi connectivity index (χ4v) is 3.75. The number of hydrogen-bond donors (Lipinski definition) is 1. The van der Waals surface area contributed by atoms with Crippen LogP contribution in [0.4, 0.5) is 11.4 Å². The van der Waals surface area contributed by atoms with Crippen LogP contribution >= 0.6 is 23.4 Å². The molecule has 0 saturated heterocycles. The highest BCUT2D eigenvalue weighted by molar-refractivity contribution is 8.00. The van der Waals surface area contributed by atoms with Crippen molar-refractivity contribution in [1.29, 1.82) is 0 Å². The van der Waals surface area contributed by atoms with Gasteiger partial charge in [-0.25, -0.2) is 0 Å². The minimum atomic E-state index is -0.574. The molecule has 2 aromatic carbocycles. The maximum atomic E-state index is 12.2. The lowest BCUT2D eigenvalue weighted by Gasteiger charge is -2.14. The minimum Gasteiger partial charge on any atom is -0.325 e. The number of rotatable bonds is 5. The van der Waals surface area contributed by atoms with Gasteiger partial charge in [0.2, 0.25) is 5.91 Å². The number of thioether (sulfide) groups is 1. The summed E-state index contributed by atoms with van der Waals surface area (Å²) in [5, 5.41) is 13.6. The van der Waals surface area contributed by atoms with Gasteiger partial charge < -0.3 is 5.32 Å². The van der Waals surface area contributed by atoms with Crippen LogP contribution in [0.15, 0.2) is 29.2 Å². The molecule has 0 aliphatic rings. The van der Waals surface area contributed by atoms with Crippen molar-refractivity contribution in [2.75, 3.05) is 11.1 Å². The van der Waals surface area contributed by atoms with Crippen LogP contribution in [0.25, 0.3) is 0 Å². The lowest BCUT2D eigenvalue weighted by atomic mass is 10.0. The van der Waals surface area contributed by atoms with Crippen LogP contribution in [0, 0.1) is 37.8 Å². The number of nitrogens with zero attached hydrogens (tertiary/aromatic N) is 1. The zero-order chi connectivity index (χ0) is 18.7. The fraction of sp³-hybridized carbons (Fsp3) is 0.278. The third-order valence-corrected chi connectivity index (χ3v) is 5.70. The Kier molecular flexibility index (Phi) is 6.08. The SMILES string of the molecule is Cc1cc(C)c(C)c(SCC(=O)Nc2ccc(Cl)c([N+](=O)[O-])c2)c1C. The standard InChI is InChI=1S/C18H19ClN2O3S/c1-10-7-11(2)13(4)18(12(10)3)25-9-17(22)20-14-5-6-15(19)16(8-14)21(23)24/h5-8H,9H2,1-4H3,(H,20,22). The van der Waals surface area contributed by atoms with Crippen LogP contribution in [0.2, 0.25) is 5.02 Å². The van der Waals surface area contributed by atoms with Crippen LogP contribution in [0.1, 0.15) is 22.3 Å². The Morgan fingerprint density at radius 3 is 2.32 bits per heavy atom. The van der Waals surface area contributed by atoms with E-state index >= 15 is 0 Å². The molecule has 0 radical (unpaired) electrons. The molecule has 0 saturated carbocycles. The first-order valence-corrected chi connectivity index (χ1v) is 9.01. The summed E-state index contributed by atoms with van der Waals surface area (Å²) >= 11 is 7.25. The molecule has 132 valence electrons. The number of nitro benzene ring substituents is 1. The number of carbonyl (C=O) groups excluding carboxylic acids is 1. The molecule has 2 rings (SSSR count). The molecule has 0 aliphatic carbocycles. The van der Waals surface area contributed by atoms with E-state index in [0.29, 0.717) is 5.69 Å². The molecular formula is C18H19ClN2O3S. The molecule has 0 aliphatic heterocycles. The van der Waals surface area contributed by atoms with Crippen LogP contribution in [-0.4, -0.2) is 16.6 Å². The highest BCUT2D eigenvalue weighted by Gasteiger charge is 2.15. The van der Waals surface area contributed by atoms with Gasteiger partial charge in [-0.2, -0.15) is 0 Å². The van der Waals surface area contributed by atoms with E-state index in [1.165, 1.54) is 46.1 Å². The van der Waals surface area contributed by atoms with E-state index in [2.05, 4.69) is 25.2 Å². The molecule has 0 bridgehead atoms. The molecule has 0 atom stereocenters. The van der Waals surface area contributed by atoms with E-state index in [1.54, 1.807) is 6.07 Å². The summed E-state index contributed by atoms with van der Waals surface area (Å²) in [4.78, 5) is 23.7. The maximum Gasteiger partial charge on any atom is 0.289 e. The summed E-state index contributed by atoms with van der Waals surface area (Å²) in [7, 11) is 0. The fourth-order valence-electron chi connectivity index (χ4n) is 2.46. The maximum absolute atomic E-state index is 12.2. The van der Waals surface area contributed by atoms with Crippen molar-refractivity contribution in [1.82, 2.24) is 0 Å². The molecule has 7 heteroatoms. The van der Waals surface area contributed by atoms with Gasteiger partial charge in [0.1, 0.15) is 5.02 Å². The Hall–Kier alpha value is -2.05. The number of amides is 1. The quantitative estimate of drug-likeness (QED) is 0.440. The molecular weight excluding hydrogens is 360 g/mol. The predicted octanol–water partition coefficient (Wildman–Crippen LogP) is 5.21. The van der Waals surface area contributed by atoms with Crippen molar-refractivity contribution in [3.8, 4) is 0 Å². The summed E-state index contributed by atoms with van der Waals surface area (Å²) in [6, 6.07) is 6.35. The van der Waals surface area contributed by atoms with E-state index in [-0.39, 0.29) is 22.4 Å². The smallest absolute Gasteiger partial charge is 0.289 e. The number of carbonyl (C=O) groups is 1. The highest BCUT2D eigenvalue weighted by atomic mass is 35.5. The summed E-state index contributed by atoms with van der Waals surface area (Å²) in [5.74, 6) is 0.000600. The molecule has 0 aromatic heterocycles. The first-order valence-electron chi connectivity index (χ1n) is 7.64. The number of halogens is 1. The van der Waals surface area contributed by atoms with E-state index in [4.69, 9.17) is 11.6 Å². The summed E-state index contributed by atoms with van der Waals surface area (Å²) in [5.41, 5.74) is 4.86. The average Bonchev–Trinajstić information content (AvgIpc) is 2.54. The lowest BCUT2D eigenvalue weighted by molar-refractivity contribution is -0.384. The van der Waals surface area contributed by atoms with E-state index in [1.807, 2.05) is 13.8 Å². The topological polar surface area (TPSA) is 72.2 Å². The van der Waals surface area contributed by atoms with Crippen molar-refractivity contribution < 1.29 is 9.72 Å². The van der Waals surface area contributed by atoms with Crippen molar-refractivity contribution in [3.63, 3.8) is 0 Å². The molecule has 0 unspecified atom stereocenters. The van der Waals surface area contributed by atoms with Crippen molar-refractivity contribution in [2.24, 2.45) is 0 Å². The molecule has 0 fully saturated rings. The van der Waals surface area contributed by atoms with Crippen molar-refractivity contribution in [3.05, 3.63) is 61.7 Å². The number of aryl methyl sites for hydroxylation is 2. The molecule has 25 heavy (non-hydrogen) atoms. The van der Waals surface area contributed by atoms with Gasteiger partial charge in [0, 0.05) is 16.6 Å². The Bertz CT molecular complexity index is 826. The van der Waals surface area contributed by atoms with Gasteiger partial charge in [0.25, 0.3) is 5.69 Å². The number of nitrogens with one attached hydrogen (secondary N) is 1. The molecule has 5 nitrogen and oxygen atoms in total. The largest absolute Gasteiger partial charge is 0.325 e. The average molecular weight is 379 g/mol. The zero-order valence-corrected chi connectivity index (χ0v) is 16.0. The summed E-state index contributed by atoms with van der Waals surface area (Å²) in [6.45, 7) is 8.20. The number of nitro groups is 1. The first-order chi connectivity index (χ1) is 11.7. The van der Waals surface area contributed by atoms with Crippen LogP contribution in [-0.2, 0) is 4.79 Å². The minimum absolute atomic E-state index is 0.0406. The Morgan fingerprint density at radius 1 is 1.16 bits per heavy atom. The Labute approximate surface area is 155 Å². The van der Waals surface area contributed by atoms with Gasteiger partial charge in [0.05, 0.1) is 10.7 Å². The zero-order valence-electron chi connectivity index (χ0n) is 14.5. The second-order valence-corrected chi connectivity index (χ2v) is 7.24. The summed E-state index contributed by atoms with van der Waals surface area (Å²) in [6.07, 6.45) is 0. The van der Waals surface area contributed by atoms with Crippen LogP contribution in [0.3, 0.4) is 0 Å². The number of hydrogen-bond acceptors (Lipinski definition) is 4. The monoisotopic (exact) mass is 378 g/mol. The third kappa shape index (κ3) is 4.52. The molecule has 1 N–H and O–H groups in total. The molecule has 1 amide bonds. The summed E-state index contributed by atoms with van der Waals surface area (Å²) < 4.78 is 0. The van der Waals surface area contributed by atoms with E-state index in [9.17, 15) is 14.9 Å². The molecule has 2 aromatic rings. The molecule has 0 spiro atoms. The predicted molar refractivity (Wildman–Crippen MR) is 103 cm³/mol. The van der Waals surface area contributed by atoms with Gasteiger partial charge in [-0.15, -0.1) is 11.8 Å². The Balaban J connectivity index is 2.10. The van der Waals surface area contributed by atoms with E-state index < -0.39 is 4.92 Å². The number of benzene rings is 2. The van der Waals surface area contributed by atoms with Gasteiger partial charge >= 0.3 is 0 Å². The lowest BCUT2D eigenvalue weighted by Crippen LogP contribution is -2.14. The first kappa shape index (κ1) is 19.3. The van der Waals surface area contributed by atoms with Crippen LogP contribution in [0.5, 0.6) is 0 Å². The second-order valence-electron chi connectivity index (χ2n) is 5.85. The van der Waals surface area contributed by atoms with E-state index in [0.717, 1.165) is 4.90 Å². The Morgan fingerprint density at radius 2 is 1.76 bits per heavy atom. The van der Waals surface area contributed by atoms with Crippen molar-refractivity contribution >= 4 is 40.6 Å². The molecule has 0 heterocycles.